The van der Waals surface area contributed by atoms with E-state index in [2.05, 4.69) is 4.74 Å². The third-order valence-corrected chi connectivity index (χ3v) is 1.46. The lowest BCUT2D eigenvalue weighted by Crippen LogP contribution is -2.24. The van der Waals surface area contributed by atoms with E-state index in [1.54, 1.807) is 0 Å². The second-order valence-electron chi connectivity index (χ2n) is 2.45. The number of rotatable bonds is 5. The summed E-state index contributed by atoms with van der Waals surface area (Å²) in [7, 11) is 1.17. The minimum Gasteiger partial charge on any atom is -0.467 e. The molecule has 0 heterocycles. The van der Waals surface area contributed by atoms with Gasteiger partial charge in [0.25, 0.3) is 0 Å². The average Bonchev–Trinajstić information content (AvgIpc) is 2.11. The molecule has 3 N–H and O–H groups in total. The second-order valence-corrected chi connectivity index (χ2v) is 2.45. The zero-order valence-electron chi connectivity index (χ0n) is 6.93. The highest BCUT2D eigenvalue weighted by Gasteiger charge is 2.16. The van der Waals surface area contributed by atoms with Gasteiger partial charge in [0.05, 0.1) is 19.8 Å². The quantitative estimate of drug-likeness (QED) is 0.453. The van der Waals surface area contributed by atoms with Crippen molar-refractivity contribution >= 4 is 5.97 Å². The summed E-state index contributed by atoms with van der Waals surface area (Å²) in [6, 6.07) is 0. The summed E-state index contributed by atoms with van der Waals surface area (Å²) >= 11 is 0. The Balaban J connectivity index is 3.56. The maximum absolute atomic E-state index is 10.6. The number of hydrogen-bond donors (Lipinski definition) is 3. The van der Waals surface area contributed by atoms with Gasteiger partial charge in [-0.15, -0.1) is 0 Å². The molecule has 0 aliphatic rings. The van der Waals surface area contributed by atoms with Crippen LogP contribution in [0.3, 0.4) is 0 Å². The third-order valence-electron chi connectivity index (χ3n) is 1.46. The number of esters is 1. The first-order valence-corrected chi connectivity index (χ1v) is 3.66. The van der Waals surface area contributed by atoms with E-state index in [1.807, 2.05) is 0 Å². The molecule has 0 aromatic carbocycles. The lowest BCUT2D eigenvalue weighted by Gasteiger charge is -2.10. The van der Waals surface area contributed by atoms with E-state index in [0.29, 0.717) is 0 Å². The summed E-state index contributed by atoms with van der Waals surface area (Å²) in [4.78, 5) is 10.6. The molecule has 0 aromatic heterocycles. The molecule has 72 valence electrons. The highest BCUT2D eigenvalue weighted by Crippen LogP contribution is 2.02. The van der Waals surface area contributed by atoms with Crippen LogP contribution >= 0.6 is 0 Å². The van der Waals surface area contributed by atoms with E-state index in [9.17, 15) is 4.79 Å². The zero-order valence-corrected chi connectivity index (χ0v) is 6.93. The van der Waals surface area contributed by atoms with Crippen molar-refractivity contribution in [1.82, 2.24) is 0 Å². The van der Waals surface area contributed by atoms with E-state index < -0.39 is 18.2 Å². The largest absolute Gasteiger partial charge is 0.467 e. The molecule has 0 aliphatic heterocycles. The molecular formula is C7H14O5. The van der Waals surface area contributed by atoms with Gasteiger partial charge in [-0.05, 0) is 12.8 Å². The molecule has 0 rings (SSSR count). The summed E-state index contributed by atoms with van der Waals surface area (Å²) in [6.45, 7) is -0.367. The van der Waals surface area contributed by atoms with E-state index in [4.69, 9.17) is 15.3 Å². The highest BCUT2D eigenvalue weighted by molar-refractivity contribution is 5.74. The maximum atomic E-state index is 10.6. The lowest BCUT2D eigenvalue weighted by molar-refractivity contribution is -0.151. The minimum absolute atomic E-state index is 0.0917. The number of aliphatic hydroxyl groups is 3. The van der Waals surface area contributed by atoms with E-state index in [0.717, 1.165) is 0 Å². The van der Waals surface area contributed by atoms with Gasteiger partial charge < -0.3 is 20.1 Å². The Morgan fingerprint density at radius 3 is 2.42 bits per heavy atom. The number of methoxy groups -OCH3 is 1. The van der Waals surface area contributed by atoms with E-state index in [-0.39, 0.29) is 19.4 Å². The van der Waals surface area contributed by atoms with Crippen molar-refractivity contribution in [2.24, 2.45) is 0 Å². The summed E-state index contributed by atoms with van der Waals surface area (Å²) in [6.07, 6.45) is -1.83. The Bertz CT molecular complexity index is 136. The molecule has 12 heavy (non-hydrogen) atoms. The normalized spacial score (nSPS) is 15.3. The summed E-state index contributed by atoms with van der Waals surface area (Å²) in [5.41, 5.74) is 0. The summed E-state index contributed by atoms with van der Waals surface area (Å²) in [5, 5.41) is 26.2. The highest BCUT2D eigenvalue weighted by atomic mass is 16.5. The van der Waals surface area contributed by atoms with Crippen LogP contribution in [0, 0.1) is 0 Å². The lowest BCUT2D eigenvalue weighted by atomic mass is 10.1. The zero-order chi connectivity index (χ0) is 9.56. The molecule has 2 unspecified atom stereocenters. The van der Waals surface area contributed by atoms with Gasteiger partial charge in [-0.3, -0.25) is 0 Å². The fraction of sp³-hybridized carbons (Fsp3) is 0.857. The van der Waals surface area contributed by atoms with Crippen molar-refractivity contribution in [3.63, 3.8) is 0 Å². The summed E-state index contributed by atoms with van der Waals surface area (Å²) < 4.78 is 4.24. The SMILES string of the molecule is COC(=O)C(O)CCC(O)CO. The number of ether oxygens (including phenoxy) is 1. The topological polar surface area (TPSA) is 87.0 Å². The average molecular weight is 178 g/mol. The van der Waals surface area contributed by atoms with Gasteiger partial charge in [0.1, 0.15) is 0 Å². The molecule has 0 fully saturated rings. The molecule has 0 aliphatic carbocycles. The Kier molecular flexibility index (Phi) is 5.61. The van der Waals surface area contributed by atoms with Gasteiger partial charge in [0.15, 0.2) is 6.10 Å². The molecule has 0 saturated carbocycles. The van der Waals surface area contributed by atoms with Crippen LogP contribution in [0.5, 0.6) is 0 Å². The molecule has 2 atom stereocenters. The first-order chi connectivity index (χ1) is 5.61. The molecule has 0 spiro atoms. The molecule has 0 radical (unpaired) electrons. The van der Waals surface area contributed by atoms with Crippen molar-refractivity contribution in [3.8, 4) is 0 Å². The van der Waals surface area contributed by atoms with Crippen LogP contribution in [0.15, 0.2) is 0 Å². The van der Waals surface area contributed by atoms with Gasteiger partial charge in [-0.1, -0.05) is 0 Å². The van der Waals surface area contributed by atoms with Crippen LogP contribution in [0.1, 0.15) is 12.8 Å². The van der Waals surface area contributed by atoms with Crippen LogP contribution < -0.4 is 0 Å². The van der Waals surface area contributed by atoms with Crippen molar-refractivity contribution in [2.75, 3.05) is 13.7 Å². The Labute approximate surface area is 70.6 Å². The predicted octanol–water partition coefficient (Wildman–Crippen LogP) is -1.35. The van der Waals surface area contributed by atoms with Gasteiger partial charge >= 0.3 is 5.97 Å². The van der Waals surface area contributed by atoms with Gasteiger partial charge in [-0.2, -0.15) is 0 Å². The Morgan fingerprint density at radius 2 is 2.00 bits per heavy atom. The predicted molar refractivity (Wildman–Crippen MR) is 40.3 cm³/mol. The van der Waals surface area contributed by atoms with E-state index in [1.165, 1.54) is 7.11 Å². The first kappa shape index (κ1) is 11.4. The minimum atomic E-state index is -1.21. The molecule has 0 saturated heterocycles. The van der Waals surface area contributed by atoms with Gasteiger partial charge in [0.2, 0.25) is 0 Å². The standard InChI is InChI=1S/C7H14O5/c1-12-7(11)6(10)3-2-5(9)4-8/h5-6,8-10H,2-4H2,1H3. The summed E-state index contributed by atoms with van der Waals surface area (Å²) in [5.74, 6) is -0.722. The van der Waals surface area contributed by atoms with Crippen molar-refractivity contribution in [2.45, 2.75) is 25.0 Å². The number of carbonyl (C=O) groups is 1. The monoisotopic (exact) mass is 178 g/mol. The Morgan fingerprint density at radius 1 is 1.42 bits per heavy atom. The molecule has 0 aromatic rings. The van der Waals surface area contributed by atoms with Crippen LogP contribution in [0.4, 0.5) is 0 Å². The van der Waals surface area contributed by atoms with Crippen molar-refractivity contribution < 1.29 is 24.9 Å². The van der Waals surface area contributed by atoms with E-state index >= 15 is 0 Å². The van der Waals surface area contributed by atoms with Crippen LogP contribution in [-0.2, 0) is 9.53 Å². The molecular weight excluding hydrogens is 164 g/mol. The fourth-order valence-corrected chi connectivity index (χ4v) is 0.695. The van der Waals surface area contributed by atoms with Gasteiger partial charge in [0, 0.05) is 0 Å². The fourth-order valence-electron chi connectivity index (χ4n) is 0.695. The Hall–Kier alpha value is -0.650. The molecule has 0 bridgehead atoms. The smallest absolute Gasteiger partial charge is 0.334 e. The van der Waals surface area contributed by atoms with Crippen molar-refractivity contribution in [1.29, 1.82) is 0 Å². The van der Waals surface area contributed by atoms with Crippen LogP contribution in [-0.4, -0.2) is 47.2 Å². The number of hydrogen-bond acceptors (Lipinski definition) is 5. The molecule has 0 amide bonds. The van der Waals surface area contributed by atoms with Gasteiger partial charge in [-0.25, -0.2) is 4.79 Å². The maximum Gasteiger partial charge on any atom is 0.334 e. The van der Waals surface area contributed by atoms with Crippen LogP contribution in [0.25, 0.3) is 0 Å². The molecule has 5 nitrogen and oxygen atoms in total. The van der Waals surface area contributed by atoms with Crippen molar-refractivity contribution in [3.05, 3.63) is 0 Å². The number of carbonyl (C=O) groups excluding carboxylic acids is 1. The molecule has 5 heteroatoms. The van der Waals surface area contributed by atoms with Crippen LogP contribution in [0.2, 0.25) is 0 Å². The second kappa shape index (κ2) is 5.93. The third kappa shape index (κ3) is 4.27. The number of aliphatic hydroxyl groups excluding tert-OH is 3. The first-order valence-electron chi connectivity index (χ1n) is 3.66.